The summed E-state index contributed by atoms with van der Waals surface area (Å²) in [5, 5.41) is 14.8. The number of aliphatic hydroxyl groups excluding tert-OH is 1. The van der Waals surface area contributed by atoms with Gasteiger partial charge in [-0.1, -0.05) is 97.1 Å². The number of nitrogens with two attached hydrogens (primary N) is 1. The van der Waals surface area contributed by atoms with Crippen molar-refractivity contribution < 1.29 is 29.0 Å². The fraction of sp³-hybridized carbons (Fsp3) is 0.171. The minimum atomic E-state index is -3.13. The summed E-state index contributed by atoms with van der Waals surface area (Å²) in [7, 11) is 0. The molecule has 1 aliphatic heterocycles. The van der Waals surface area contributed by atoms with Gasteiger partial charge in [0.15, 0.2) is 5.78 Å². The molecule has 10 heteroatoms. The molecule has 0 bridgehead atoms. The third-order valence-electron chi connectivity index (χ3n) is 7.79. The van der Waals surface area contributed by atoms with Crippen LogP contribution in [-0.2, 0) is 14.3 Å². The SMILES string of the molecule is C=CCC(=O)OC(N1C(=O)C(C(C)O)C1CC(=O)c1csc(C(N)=O)c1)=P(c1ccccc1)(c1ccccc1)c1ccccc1. The number of rotatable bonds is 12. The second kappa shape index (κ2) is 13.6. The van der Waals surface area contributed by atoms with Gasteiger partial charge in [0.2, 0.25) is 11.5 Å². The molecule has 0 saturated carbocycles. The molecule has 1 saturated heterocycles. The molecule has 45 heavy (non-hydrogen) atoms. The van der Waals surface area contributed by atoms with Gasteiger partial charge in [-0.05, 0) is 28.9 Å². The summed E-state index contributed by atoms with van der Waals surface area (Å²) in [5.74, 6) is -2.99. The Kier molecular flexibility index (Phi) is 9.63. The molecule has 8 nitrogen and oxygen atoms in total. The highest BCUT2D eigenvalue weighted by Crippen LogP contribution is 2.50. The lowest BCUT2D eigenvalue weighted by molar-refractivity contribution is -0.157. The first kappa shape index (κ1) is 31.9. The van der Waals surface area contributed by atoms with Gasteiger partial charge in [-0.2, -0.15) is 0 Å². The maximum Gasteiger partial charge on any atom is 0.316 e. The number of thiophene rings is 1. The van der Waals surface area contributed by atoms with Gasteiger partial charge in [0.1, 0.15) is 0 Å². The van der Waals surface area contributed by atoms with Gasteiger partial charge in [0, 0.05) is 24.3 Å². The van der Waals surface area contributed by atoms with Crippen molar-refractivity contribution >= 4 is 63.3 Å². The highest BCUT2D eigenvalue weighted by Gasteiger charge is 2.55. The van der Waals surface area contributed by atoms with Gasteiger partial charge in [-0.15, -0.1) is 17.9 Å². The van der Waals surface area contributed by atoms with E-state index >= 15 is 0 Å². The normalized spacial score (nSPS) is 16.8. The number of amides is 2. The Balaban J connectivity index is 1.82. The summed E-state index contributed by atoms with van der Waals surface area (Å²) in [4.78, 5) is 54.5. The maximum atomic E-state index is 14.1. The number of β-lactam (4-membered cyclic amide) rings is 1. The van der Waals surface area contributed by atoms with E-state index in [1.807, 2.05) is 91.0 Å². The lowest BCUT2D eigenvalue weighted by Crippen LogP contribution is -2.67. The lowest BCUT2D eigenvalue weighted by atomic mass is 9.80. The number of carbonyl (C=O) groups excluding carboxylic acids is 4. The number of primary amides is 1. The monoisotopic (exact) mass is 640 g/mol. The first-order chi connectivity index (χ1) is 21.7. The van der Waals surface area contributed by atoms with E-state index < -0.39 is 42.7 Å². The molecule has 3 aromatic carbocycles. The van der Waals surface area contributed by atoms with Gasteiger partial charge < -0.3 is 15.6 Å². The number of Topliss-reactive ketones (excluding diaryl/α,β-unsaturated/α-hetero) is 1. The van der Waals surface area contributed by atoms with Crippen LogP contribution in [0.15, 0.2) is 115 Å². The number of nitrogens with zero attached hydrogens (tertiary/aromatic N) is 1. The zero-order valence-corrected chi connectivity index (χ0v) is 26.3. The summed E-state index contributed by atoms with van der Waals surface area (Å²) >= 11 is 1.06. The van der Waals surface area contributed by atoms with Crippen molar-refractivity contribution in [2.45, 2.75) is 31.9 Å². The largest absolute Gasteiger partial charge is 0.408 e. The van der Waals surface area contributed by atoms with Crippen LogP contribution in [0, 0.1) is 5.92 Å². The third kappa shape index (κ3) is 6.07. The summed E-state index contributed by atoms with van der Waals surface area (Å²) in [6, 6.07) is 29.3. The van der Waals surface area contributed by atoms with Crippen molar-refractivity contribution in [2.75, 3.05) is 0 Å². The number of hydrogen-bond donors (Lipinski definition) is 2. The smallest absolute Gasteiger partial charge is 0.316 e. The lowest BCUT2D eigenvalue weighted by Gasteiger charge is -2.50. The van der Waals surface area contributed by atoms with Crippen molar-refractivity contribution in [3.63, 3.8) is 0 Å². The first-order valence-electron chi connectivity index (χ1n) is 14.4. The van der Waals surface area contributed by atoms with Crippen molar-refractivity contribution in [1.29, 1.82) is 0 Å². The van der Waals surface area contributed by atoms with Crippen LogP contribution < -0.4 is 21.6 Å². The molecule has 3 N–H and O–H groups in total. The number of ether oxygens (including phenoxy) is 1. The number of hydrogen-bond acceptors (Lipinski definition) is 7. The summed E-state index contributed by atoms with van der Waals surface area (Å²) in [5.41, 5.74) is 5.80. The van der Waals surface area contributed by atoms with Gasteiger partial charge in [0.25, 0.3) is 5.91 Å². The number of ketones is 1. The number of benzene rings is 3. The van der Waals surface area contributed by atoms with Crippen molar-refractivity contribution in [1.82, 2.24) is 4.90 Å². The highest BCUT2D eigenvalue weighted by molar-refractivity contribution is 7.95. The van der Waals surface area contributed by atoms with Crippen molar-refractivity contribution in [2.24, 2.45) is 11.7 Å². The number of esters is 1. The molecule has 2 heterocycles. The van der Waals surface area contributed by atoms with E-state index in [4.69, 9.17) is 10.5 Å². The van der Waals surface area contributed by atoms with E-state index in [2.05, 4.69) is 6.58 Å². The minimum Gasteiger partial charge on any atom is -0.408 e. The Morgan fingerprint density at radius 2 is 1.49 bits per heavy atom. The Labute approximate surface area is 265 Å². The quantitative estimate of drug-likeness (QED) is 0.0797. The zero-order chi connectivity index (χ0) is 32.1. The van der Waals surface area contributed by atoms with Crippen LogP contribution in [0.4, 0.5) is 0 Å². The molecule has 4 aromatic rings. The van der Waals surface area contributed by atoms with E-state index in [0.717, 1.165) is 27.3 Å². The molecule has 0 spiro atoms. The van der Waals surface area contributed by atoms with Gasteiger partial charge in [0.05, 0.1) is 29.4 Å². The Morgan fingerprint density at radius 1 is 0.978 bits per heavy atom. The molecule has 2 amide bonds. The molecule has 5 rings (SSSR count). The summed E-state index contributed by atoms with van der Waals surface area (Å²) < 4.78 is 6.28. The second-order valence-electron chi connectivity index (χ2n) is 10.7. The number of aliphatic hydroxyl groups is 1. The topological polar surface area (TPSA) is 127 Å². The molecule has 0 radical (unpaired) electrons. The predicted octanol–water partition coefficient (Wildman–Crippen LogP) is 3.83. The first-order valence-corrected chi connectivity index (χ1v) is 17.0. The Bertz CT molecular complexity index is 1680. The molecule has 1 aromatic heterocycles. The van der Waals surface area contributed by atoms with E-state index in [0.29, 0.717) is 0 Å². The predicted molar refractivity (Wildman–Crippen MR) is 179 cm³/mol. The average Bonchev–Trinajstić information content (AvgIpc) is 3.54. The van der Waals surface area contributed by atoms with Crippen LogP contribution in [0.2, 0.25) is 0 Å². The van der Waals surface area contributed by atoms with Crippen LogP contribution in [0.25, 0.3) is 0 Å². The van der Waals surface area contributed by atoms with Gasteiger partial charge in [-0.3, -0.25) is 24.1 Å². The van der Waals surface area contributed by atoms with E-state index in [1.165, 1.54) is 24.0 Å². The van der Waals surface area contributed by atoms with Crippen LogP contribution in [0.3, 0.4) is 0 Å². The molecular formula is C35H33N2O6PS. The molecule has 230 valence electrons. The second-order valence-corrected chi connectivity index (χ2v) is 14.8. The third-order valence-corrected chi connectivity index (χ3v) is 12.8. The maximum absolute atomic E-state index is 14.1. The van der Waals surface area contributed by atoms with Crippen LogP contribution in [0.5, 0.6) is 0 Å². The van der Waals surface area contributed by atoms with E-state index in [-0.39, 0.29) is 34.7 Å². The summed E-state index contributed by atoms with van der Waals surface area (Å²) in [6.45, 7) is 2.06. The molecular weight excluding hydrogens is 607 g/mol. The minimum absolute atomic E-state index is 0.112. The van der Waals surface area contributed by atoms with Gasteiger partial charge >= 0.3 is 5.97 Å². The average molecular weight is 641 g/mol. The molecule has 1 aliphatic rings. The fourth-order valence-electron chi connectivity index (χ4n) is 5.74. The number of carbonyl (C=O) groups is 4. The van der Waals surface area contributed by atoms with Crippen LogP contribution in [0.1, 0.15) is 39.8 Å². The van der Waals surface area contributed by atoms with Crippen molar-refractivity contribution in [3.05, 3.63) is 126 Å². The molecule has 1 fully saturated rings. The fourth-order valence-corrected chi connectivity index (χ4v) is 10.7. The van der Waals surface area contributed by atoms with Gasteiger partial charge in [-0.25, -0.2) is 0 Å². The Morgan fingerprint density at radius 3 is 1.91 bits per heavy atom. The molecule has 3 unspecified atom stereocenters. The Hall–Kier alpha value is -4.56. The number of likely N-dealkylation sites (tertiary alicyclic amines) is 1. The highest BCUT2D eigenvalue weighted by atomic mass is 32.1. The zero-order valence-electron chi connectivity index (χ0n) is 24.6. The van der Waals surface area contributed by atoms with Crippen LogP contribution >= 0.6 is 18.2 Å². The van der Waals surface area contributed by atoms with Crippen molar-refractivity contribution in [3.8, 4) is 0 Å². The van der Waals surface area contributed by atoms with E-state index in [1.54, 1.807) is 5.38 Å². The molecule has 0 aliphatic carbocycles. The van der Waals surface area contributed by atoms with Crippen LogP contribution in [-0.4, -0.2) is 51.3 Å². The standard InChI is InChI=1S/C35H33N2O6PS/c1-3-13-31(40)43-35(37-28(32(23(2)38)34(37)42)21-29(39)24-20-30(33(36)41)45-22-24)44(25-14-7-4-8-15-25,26-16-9-5-10-17-26)27-18-11-6-12-19-27/h3-12,14-20,22-23,28,32,38H,1,13,21H2,2H3,(H2,36,41). The van der Waals surface area contributed by atoms with E-state index in [9.17, 15) is 24.3 Å². The summed E-state index contributed by atoms with van der Waals surface area (Å²) in [6.07, 6.45) is 0.0473. The molecule has 3 atom stereocenters.